The Hall–Kier alpha value is -3.20. The van der Waals surface area contributed by atoms with Crippen molar-refractivity contribution in [2.24, 2.45) is 0 Å². The minimum absolute atomic E-state index is 0.857. The number of hydrogen-bond acceptors (Lipinski definition) is 2. The highest BCUT2D eigenvalue weighted by Crippen LogP contribution is 2.39. The van der Waals surface area contributed by atoms with Gasteiger partial charge in [-0.25, -0.2) is 0 Å². The molecule has 0 aromatic heterocycles. The van der Waals surface area contributed by atoms with Gasteiger partial charge in [0.2, 0.25) is 0 Å². The van der Waals surface area contributed by atoms with Crippen LogP contribution in [0, 0.1) is 0 Å². The molecule has 0 saturated carbocycles. The van der Waals surface area contributed by atoms with Gasteiger partial charge in [0.15, 0.2) is 0 Å². The summed E-state index contributed by atoms with van der Waals surface area (Å²) in [6, 6.07) is 28.7. The highest BCUT2D eigenvalue weighted by Gasteiger charge is 2.19. The Morgan fingerprint density at radius 3 is 2.41 bits per heavy atom. The first-order valence-electron chi connectivity index (χ1n) is 11.6. The van der Waals surface area contributed by atoms with Crippen LogP contribution in [0.4, 0.5) is 0 Å². The third-order valence-electron chi connectivity index (χ3n) is 6.83. The summed E-state index contributed by atoms with van der Waals surface area (Å²) in [5, 5.41) is 5.24. The molecular formula is C30H27NO. The van der Waals surface area contributed by atoms with E-state index in [2.05, 4.69) is 95.9 Å². The summed E-state index contributed by atoms with van der Waals surface area (Å²) < 4.78 is 5.51. The van der Waals surface area contributed by atoms with Crippen LogP contribution < -0.4 is 0 Å². The Morgan fingerprint density at radius 2 is 1.50 bits per heavy atom. The lowest BCUT2D eigenvalue weighted by Crippen LogP contribution is -2.36. The zero-order valence-electron chi connectivity index (χ0n) is 18.3. The highest BCUT2D eigenvalue weighted by molar-refractivity contribution is 6.13. The van der Waals surface area contributed by atoms with Gasteiger partial charge in [-0.05, 0) is 61.9 Å². The average molecular weight is 418 g/mol. The van der Waals surface area contributed by atoms with E-state index in [-0.39, 0.29) is 0 Å². The third-order valence-corrected chi connectivity index (χ3v) is 6.83. The number of ether oxygens (including phenoxy) is 1. The van der Waals surface area contributed by atoms with Gasteiger partial charge in [-0.15, -0.1) is 0 Å². The van der Waals surface area contributed by atoms with Crippen molar-refractivity contribution >= 4 is 38.8 Å². The van der Waals surface area contributed by atoms with Crippen LogP contribution in [0.25, 0.3) is 38.8 Å². The maximum absolute atomic E-state index is 5.51. The van der Waals surface area contributed by atoms with Crippen LogP contribution in [-0.4, -0.2) is 37.7 Å². The van der Waals surface area contributed by atoms with Gasteiger partial charge in [-0.1, -0.05) is 84.9 Å². The van der Waals surface area contributed by atoms with E-state index in [1.807, 2.05) is 0 Å². The van der Waals surface area contributed by atoms with Gasteiger partial charge in [0, 0.05) is 19.6 Å². The van der Waals surface area contributed by atoms with Crippen molar-refractivity contribution < 1.29 is 4.74 Å². The first-order chi connectivity index (χ1) is 15.9. The molecule has 1 aliphatic carbocycles. The lowest BCUT2D eigenvalue weighted by molar-refractivity contribution is 0.0390. The van der Waals surface area contributed by atoms with Crippen molar-refractivity contribution in [2.75, 3.05) is 32.8 Å². The lowest BCUT2D eigenvalue weighted by Gasteiger charge is -2.26. The normalized spacial score (nSPS) is 17.8. The number of hydrogen-bond donors (Lipinski definition) is 0. The van der Waals surface area contributed by atoms with Crippen LogP contribution in [-0.2, 0) is 4.74 Å². The molecule has 0 bridgehead atoms. The maximum atomic E-state index is 5.51. The van der Waals surface area contributed by atoms with E-state index in [1.165, 1.54) is 49.4 Å². The Bertz CT molecular complexity index is 1360. The molecule has 0 amide bonds. The van der Waals surface area contributed by atoms with Gasteiger partial charge < -0.3 is 4.74 Å². The first-order valence-corrected chi connectivity index (χ1v) is 11.6. The van der Waals surface area contributed by atoms with Crippen LogP contribution in [0.3, 0.4) is 0 Å². The standard InChI is InChI=1S/C30H27NO/c1-2-11-29-22(6-1)12-13-23-7-5-8-25(30(23)29)21-26-20-24(27-9-3-4-10-28(26)27)14-15-31-16-18-32-19-17-31/h1-13,20-21H,14-19H2. The maximum Gasteiger partial charge on any atom is 0.0594 e. The summed E-state index contributed by atoms with van der Waals surface area (Å²) in [5.74, 6) is 0. The Labute approximate surface area is 189 Å². The number of morpholine rings is 1. The molecule has 2 heteroatoms. The molecule has 0 radical (unpaired) electrons. The summed E-state index contributed by atoms with van der Waals surface area (Å²) >= 11 is 0. The Morgan fingerprint density at radius 1 is 0.750 bits per heavy atom. The number of fused-ring (bicyclic) bond motifs is 4. The molecule has 6 rings (SSSR count). The fourth-order valence-corrected chi connectivity index (χ4v) is 5.16. The van der Waals surface area contributed by atoms with E-state index in [9.17, 15) is 0 Å². The quantitative estimate of drug-likeness (QED) is 0.345. The van der Waals surface area contributed by atoms with Gasteiger partial charge in [0.1, 0.15) is 0 Å². The lowest BCUT2D eigenvalue weighted by atomic mass is 9.95. The number of allylic oxidation sites excluding steroid dienone is 2. The Balaban J connectivity index is 1.42. The molecule has 0 unspecified atom stereocenters. The predicted octanol–water partition coefficient (Wildman–Crippen LogP) is 6.65. The van der Waals surface area contributed by atoms with Crippen molar-refractivity contribution in [3.8, 4) is 0 Å². The zero-order chi connectivity index (χ0) is 21.3. The molecule has 4 aromatic rings. The van der Waals surface area contributed by atoms with Crippen LogP contribution >= 0.6 is 0 Å². The summed E-state index contributed by atoms with van der Waals surface area (Å²) in [6.45, 7) is 4.89. The molecule has 2 aliphatic rings. The second-order valence-electron chi connectivity index (χ2n) is 8.75. The van der Waals surface area contributed by atoms with E-state index in [0.29, 0.717) is 0 Å². The molecule has 1 fully saturated rings. The molecule has 158 valence electrons. The van der Waals surface area contributed by atoms with Gasteiger partial charge in [-0.2, -0.15) is 0 Å². The van der Waals surface area contributed by atoms with Crippen molar-refractivity contribution in [1.29, 1.82) is 0 Å². The molecule has 1 heterocycles. The summed E-state index contributed by atoms with van der Waals surface area (Å²) in [4.78, 5) is 2.52. The molecule has 4 aromatic carbocycles. The van der Waals surface area contributed by atoms with E-state index < -0.39 is 0 Å². The second kappa shape index (κ2) is 8.38. The van der Waals surface area contributed by atoms with Gasteiger partial charge in [0.25, 0.3) is 0 Å². The second-order valence-corrected chi connectivity index (χ2v) is 8.75. The predicted molar refractivity (Wildman–Crippen MR) is 136 cm³/mol. The van der Waals surface area contributed by atoms with Crippen molar-refractivity contribution in [3.05, 3.63) is 102 Å². The SMILES string of the molecule is C(=C1C=C(CCN2CCOCC2)c2ccccc21)c1cccc2ccc3ccccc3c12. The monoisotopic (exact) mass is 417 g/mol. The van der Waals surface area contributed by atoms with Crippen LogP contribution in [0.2, 0.25) is 0 Å². The summed E-state index contributed by atoms with van der Waals surface area (Å²) in [7, 11) is 0. The molecule has 0 spiro atoms. The fourth-order valence-electron chi connectivity index (χ4n) is 5.16. The molecule has 32 heavy (non-hydrogen) atoms. The van der Waals surface area contributed by atoms with Gasteiger partial charge in [-0.3, -0.25) is 4.90 Å². The van der Waals surface area contributed by atoms with Crippen LogP contribution in [0.15, 0.2) is 84.9 Å². The van der Waals surface area contributed by atoms with Crippen molar-refractivity contribution in [2.45, 2.75) is 6.42 Å². The molecule has 1 aliphatic heterocycles. The summed E-state index contributed by atoms with van der Waals surface area (Å²) in [5.41, 5.74) is 6.79. The van der Waals surface area contributed by atoms with Gasteiger partial charge in [0.05, 0.1) is 13.2 Å². The van der Waals surface area contributed by atoms with Crippen molar-refractivity contribution in [1.82, 2.24) is 4.90 Å². The molecule has 2 nitrogen and oxygen atoms in total. The largest absolute Gasteiger partial charge is 0.379 e. The minimum Gasteiger partial charge on any atom is -0.379 e. The number of rotatable bonds is 4. The molecule has 0 atom stereocenters. The minimum atomic E-state index is 0.857. The first kappa shape index (κ1) is 19.5. The molecular weight excluding hydrogens is 390 g/mol. The van der Waals surface area contributed by atoms with Crippen LogP contribution in [0.1, 0.15) is 23.1 Å². The van der Waals surface area contributed by atoms with E-state index in [0.717, 1.165) is 39.3 Å². The number of benzene rings is 4. The van der Waals surface area contributed by atoms with Crippen LogP contribution in [0.5, 0.6) is 0 Å². The fraction of sp³-hybridized carbons (Fsp3) is 0.200. The van der Waals surface area contributed by atoms with Crippen molar-refractivity contribution in [3.63, 3.8) is 0 Å². The van der Waals surface area contributed by atoms with E-state index in [1.54, 1.807) is 0 Å². The topological polar surface area (TPSA) is 12.5 Å². The van der Waals surface area contributed by atoms with E-state index in [4.69, 9.17) is 4.74 Å². The van der Waals surface area contributed by atoms with E-state index >= 15 is 0 Å². The average Bonchev–Trinajstić information content (AvgIpc) is 3.21. The highest BCUT2D eigenvalue weighted by atomic mass is 16.5. The molecule has 0 N–H and O–H groups in total. The summed E-state index contributed by atoms with van der Waals surface area (Å²) in [6.07, 6.45) is 5.87. The smallest absolute Gasteiger partial charge is 0.0594 e. The van der Waals surface area contributed by atoms with Gasteiger partial charge >= 0.3 is 0 Å². The zero-order valence-corrected chi connectivity index (χ0v) is 18.3. The molecule has 1 saturated heterocycles. The third kappa shape index (κ3) is 3.56. The number of nitrogens with zero attached hydrogens (tertiary/aromatic N) is 1. The Kier molecular flexibility index (Phi) is 5.10.